The molecule has 3 N–H and O–H groups in total. The van der Waals surface area contributed by atoms with E-state index < -0.39 is 23.3 Å². The zero-order valence-corrected chi connectivity index (χ0v) is 12.3. The molecule has 2 rings (SSSR count). The quantitative estimate of drug-likeness (QED) is 0.730. The predicted octanol–water partition coefficient (Wildman–Crippen LogP) is -0.155. The molecule has 1 atom stereocenters. The highest BCUT2D eigenvalue weighted by Gasteiger charge is 2.13. The largest absolute Gasteiger partial charge is 0.387 e. The average molecular weight is 303 g/mol. The van der Waals surface area contributed by atoms with Gasteiger partial charge in [0.05, 0.1) is 6.10 Å². The number of hydrogen-bond acceptors (Lipinski definition) is 4. The van der Waals surface area contributed by atoms with Crippen molar-refractivity contribution in [2.45, 2.75) is 13.0 Å². The van der Waals surface area contributed by atoms with E-state index in [2.05, 4.69) is 10.3 Å². The Morgan fingerprint density at radius 3 is 2.73 bits per heavy atom. The van der Waals surface area contributed by atoms with E-state index in [0.29, 0.717) is 5.56 Å². The number of aliphatic hydroxyl groups excluding tert-OH is 1. The summed E-state index contributed by atoms with van der Waals surface area (Å²) in [6, 6.07) is 8.32. The molecule has 0 aliphatic heterocycles. The van der Waals surface area contributed by atoms with E-state index in [1.54, 1.807) is 6.07 Å². The van der Waals surface area contributed by atoms with Crippen LogP contribution in [0.1, 0.15) is 27.7 Å². The van der Waals surface area contributed by atoms with Crippen LogP contribution in [-0.2, 0) is 7.05 Å². The molecule has 0 spiro atoms. The molecule has 116 valence electrons. The van der Waals surface area contributed by atoms with Crippen molar-refractivity contribution in [1.29, 1.82) is 0 Å². The molecule has 0 saturated heterocycles. The van der Waals surface area contributed by atoms with Crippen LogP contribution in [0.3, 0.4) is 0 Å². The molecular formula is C15H17N3O4. The van der Waals surface area contributed by atoms with Gasteiger partial charge in [0.1, 0.15) is 5.69 Å². The summed E-state index contributed by atoms with van der Waals surface area (Å²) in [5, 5.41) is 12.5. The van der Waals surface area contributed by atoms with Crippen molar-refractivity contribution in [3.8, 4) is 0 Å². The van der Waals surface area contributed by atoms with Crippen molar-refractivity contribution < 1.29 is 9.90 Å². The van der Waals surface area contributed by atoms with Gasteiger partial charge in [0.15, 0.2) is 0 Å². The van der Waals surface area contributed by atoms with Gasteiger partial charge in [-0.3, -0.25) is 14.2 Å². The third kappa shape index (κ3) is 3.50. The second kappa shape index (κ2) is 6.40. The van der Waals surface area contributed by atoms with Gasteiger partial charge < -0.3 is 15.4 Å². The van der Waals surface area contributed by atoms with Crippen molar-refractivity contribution in [2.75, 3.05) is 6.54 Å². The summed E-state index contributed by atoms with van der Waals surface area (Å²) < 4.78 is 0.859. The summed E-state index contributed by atoms with van der Waals surface area (Å²) in [6.07, 6.45) is -0.873. The average Bonchev–Trinajstić information content (AvgIpc) is 2.49. The fourth-order valence-electron chi connectivity index (χ4n) is 1.96. The predicted molar refractivity (Wildman–Crippen MR) is 80.8 cm³/mol. The molecule has 7 nitrogen and oxygen atoms in total. The third-order valence-corrected chi connectivity index (χ3v) is 3.27. The molecule has 1 heterocycles. The van der Waals surface area contributed by atoms with Crippen LogP contribution in [0.5, 0.6) is 0 Å². The standard InChI is InChI=1S/C15H17N3O4/c1-9-4-3-5-10(6-9)12(19)8-16-14(21)11-7-13(20)18(2)15(22)17-11/h3-7,12,19H,8H2,1-2H3,(H,16,21)(H,17,22). The molecule has 0 aliphatic rings. The van der Waals surface area contributed by atoms with Gasteiger partial charge in [-0.2, -0.15) is 0 Å². The number of hydrogen-bond donors (Lipinski definition) is 3. The molecule has 1 amide bonds. The number of rotatable bonds is 4. The first-order valence-electron chi connectivity index (χ1n) is 6.71. The van der Waals surface area contributed by atoms with Gasteiger partial charge in [-0.05, 0) is 12.5 Å². The van der Waals surface area contributed by atoms with Gasteiger partial charge in [-0.1, -0.05) is 29.8 Å². The number of carbonyl (C=O) groups is 1. The van der Waals surface area contributed by atoms with Gasteiger partial charge in [0.2, 0.25) is 0 Å². The molecule has 1 aromatic carbocycles. The maximum Gasteiger partial charge on any atom is 0.328 e. The normalized spacial score (nSPS) is 12.0. The molecule has 0 radical (unpaired) electrons. The fraction of sp³-hybridized carbons (Fsp3) is 0.267. The van der Waals surface area contributed by atoms with Gasteiger partial charge >= 0.3 is 5.69 Å². The molecule has 7 heteroatoms. The number of H-pyrrole nitrogens is 1. The minimum atomic E-state index is -0.873. The fourth-order valence-corrected chi connectivity index (χ4v) is 1.96. The SMILES string of the molecule is Cc1cccc(C(O)CNC(=O)c2cc(=O)n(C)c(=O)[nH]2)c1. The van der Waals surface area contributed by atoms with Crippen molar-refractivity contribution in [2.24, 2.45) is 7.05 Å². The number of amides is 1. The summed E-state index contributed by atoms with van der Waals surface area (Å²) in [5.41, 5.74) is 0.297. The number of aromatic nitrogens is 2. The van der Waals surface area contributed by atoms with E-state index in [9.17, 15) is 19.5 Å². The highest BCUT2D eigenvalue weighted by Crippen LogP contribution is 2.13. The molecule has 1 unspecified atom stereocenters. The number of carbonyl (C=O) groups excluding carboxylic acids is 1. The highest BCUT2D eigenvalue weighted by molar-refractivity contribution is 5.92. The summed E-state index contributed by atoms with van der Waals surface area (Å²) in [6.45, 7) is 1.87. The lowest BCUT2D eigenvalue weighted by atomic mass is 10.1. The Morgan fingerprint density at radius 2 is 2.09 bits per heavy atom. The minimum absolute atomic E-state index is 0.0282. The van der Waals surface area contributed by atoms with Gasteiger partial charge in [0, 0.05) is 19.7 Å². The van der Waals surface area contributed by atoms with E-state index in [0.717, 1.165) is 16.2 Å². The summed E-state index contributed by atoms with van der Waals surface area (Å²) in [7, 11) is 1.31. The first-order valence-corrected chi connectivity index (χ1v) is 6.71. The lowest BCUT2D eigenvalue weighted by Gasteiger charge is -2.12. The summed E-state index contributed by atoms with van der Waals surface area (Å²) >= 11 is 0. The van der Waals surface area contributed by atoms with E-state index in [1.165, 1.54) is 7.05 Å². The Balaban J connectivity index is 2.07. The van der Waals surface area contributed by atoms with E-state index in [4.69, 9.17) is 0 Å². The van der Waals surface area contributed by atoms with Crippen LogP contribution in [0.4, 0.5) is 0 Å². The second-order valence-electron chi connectivity index (χ2n) is 5.03. The van der Waals surface area contributed by atoms with E-state index in [1.807, 2.05) is 25.1 Å². The summed E-state index contributed by atoms with van der Waals surface area (Å²) in [5.74, 6) is -0.624. The molecule has 0 fully saturated rings. The van der Waals surface area contributed by atoms with Gasteiger partial charge in [0.25, 0.3) is 11.5 Å². The summed E-state index contributed by atoms with van der Waals surface area (Å²) in [4.78, 5) is 37.1. The van der Waals surface area contributed by atoms with Gasteiger partial charge in [-0.15, -0.1) is 0 Å². The Hall–Kier alpha value is -2.67. The highest BCUT2D eigenvalue weighted by atomic mass is 16.3. The van der Waals surface area contributed by atoms with Crippen LogP contribution < -0.4 is 16.6 Å². The van der Waals surface area contributed by atoms with Crippen molar-refractivity contribution in [3.63, 3.8) is 0 Å². The molecule has 2 aromatic rings. The Labute approximate surface area is 126 Å². The zero-order valence-electron chi connectivity index (χ0n) is 12.3. The van der Waals surface area contributed by atoms with Gasteiger partial charge in [-0.25, -0.2) is 4.79 Å². The first-order chi connectivity index (χ1) is 10.4. The van der Waals surface area contributed by atoms with Crippen LogP contribution in [0, 0.1) is 6.92 Å². The monoisotopic (exact) mass is 303 g/mol. The molecule has 0 bridgehead atoms. The number of nitrogens with zero attached hydrogens (tertiary/aromatic N) is 1. The van der Waals surface area contributed by atoms with Crippen LogP contribution in [0.2, 0.25) is 0 Å². The van der Waals surface area contributed by atoms with Crippen LogP contribution in [0.15, 0.2) is 39.9 Å². The number of aliphatic hydroxyl groups is 1. The van der Waals surface area contributed by atoms with E-state index in [-0.39, 0.29) is 12.2 Å². The smallest absolute Gasteiger partial charge is 0.328 e. The Bertz CT molecular complexity index is 776. The molecule has 0 aliphatic carbocycles. The number of nitrogens with one attached hydrogen (secondary N) is 2. The van der Waals surface area contributed by atoms with Crippen molar-refractivity contribution in [3.05, 3.63) is 68.0 Å². The zero-order chi connectivity index (χ0) is 16.3. The molecule has 0 saturated carbocycles. The topological polar surface area (TPSA) is 104 Å². The Kier molecular flexibility index (Phi) is 4.57. The molecular weight excluding hydrogens is 286 g/mol. The number of benzene rings is 1. The second-order valence-corrected chi connectivity index (χ2v) is 5.03. The lowest BCUT2D eigenvalue weighted by molar-refractivity contribution is 0.0910. The maximum absolute atomic E-state index is 11.9. The van der Waals surface area contributed by atoms with Crippen molar-refractivity contribution in [1.82, 2.24) is 14.9 Å². The Morgan fingerprint density at radius 1 is 1.36 bits per heavy atom. The number of aryl methyl sites for hydroxylation is 1. The maximum atomic E-state index is 11.9. The molecule has 22 heavy (non-hydrogen) atoms. The van der Waals surface area contributed by atoms with Crippen LogP contribution in [0.25, 0.3) is 0 Å². The van der Waals surface area contributed by atoms with Crippen LogP contribution >= 0.6 is 0 Å². The van der Waals surface area contributed by atoms with Crippen LogP contribution in [-0.4, -0.2) is 27.1 Å². The van der Waals surface area contributed by atoms with E-state index >= 15 is 0 Å². The number of aromatic amines is 1. The lowest BCUT2D eigenvalue weighted by Crippen LogP contribution is -2.37. The third-order valence-electron chi connectivity index (χ3n) is 3.27. The molecule has 1 aromatic heterocycles. The first kappa shape index (κ1) is 15.7. The van der Waals surface area contributed by atoms with Crippen molar-refractivity contribution >= 4 is 5.91 Å². The minimum Gasteiger partial charge on any atom is -0.387 e.